The topological polar surface area (TPSA) is 0 Å². The first-order valence-corrected chi connectivity index (χ1v) is 8.73. The van der Waals surface area contributed by atoms with E-state index in [2.05, 4.69) is 20.8 Å². The summed E-state index contributed by atoms with van der Waals surface area (Å²) in [5.41, 5.74) is 0.630. The van der Waals surface area contributed by atoms with E-state index >= 15 is 0 Å². The molecule has 0 aromatic carbocycles. The van der Waals surface area contributed by atoms with Gasteiger partial charge in [0.2, 0.25) is 0 Å². The summed E-state index contributed by atoms with van der Waals surface area (Å²) in [5.74, 6) is 3.06. The molecule has 0 spiro atoms. The molecular weight excluding hydrogens is 211 g/mol. The molecule has 0 amide bonds. The predicted molar refractivity (Wildman–Crippen MR) is 75.7 cm³/mol. The molecule has 1 heterocycles. The Balaban J connectivity index is 1.94. The van der Waals surface area contributed by atoms with Gasteiger partial charge in [0, 0.05) is 0 Å². The van der Waals surface area contributed by atoms with Gasteiger partial charge in [0.25, 0.3) is 0 Å². The van der Waals surface area contributed by atoms with E-state index in [1.807, 2.05) is 0 Å². The van der Waals surface area contributed by atoms with E-state index in [4.69, 9.17) is 0 Å². The maximum atomic E-state index is 2.58. The molecule has 0 radical (unpaired) electrons. The number of rotatable bonds is 2. The molecule has 2 aliphatic rings. The van der Waals surface area contributed by atoms with Crippen LogP contribution >= 0.6 is 8.58 Å². The van der Waals surface area contributed by atoms with Gasteiger partial charge in [-0.2, -0.15) is 0 Å². The highest BCUT2D eigenvalue weighted by molar-refractivity contribution is 7.38. The number of hydrogen-bond acceptors (Lipinski definition) is 0. The Labute approximate surface area is 104 Å². The van der Waals surface area contributed by atoms with Crippen LogP contribution in [0.15, 0.2) is 0 Å². The fourth-order valence-electron chi connectivity index (χ4n) is 3.90. The Morgan fingerprint density at radius 3 is 1.88 bits per heavy atom. The van der Waals surface area contributed by atoms with Crippen LogP contribution in [0.4, 0.5) is 0 Å². The van der Waals surface area contributed by atoms with E-state index in [0.717, 1.165) is 17.8 Å². The van der Waals surface area contributed by atoms with Crippen LogP contribution in [-0.2, 0) is 0 Å². The van der Waals surface area contributed by atoms with Crippen molar-refractivity contribution in [2.24, 2.45) is 23.2 Å². The standard InChI is InChI=1S/C15H29P/c1-12-4-6-13(7-5-12)15(2,3)14-8-10-16-11-9-14/h12-14,16H,4-11H2,1-3H3. The fourth-order valence-corrected chi connectivity index (χ4v) is 5.26. The molecule has 0 unspecified atom stereocenters. The summed E-state index contributed by atoms with van der Waals surface area (Å²) in [4.78, 5) is 0. The monoisotopic (exact) mass is 240 g/mol. The van der Waals surface area contributed by atoms with Gasteiger partial charge < -0.3 is 0 Å². The van der Waals surface area contributed by atoms with Gasteiger partial charge >= 0.3 is 0 Å². The molecule has 1 saturated carbocycles. The predicted octanol–water partition coefficient (Wildman–Crippen LogP) is 4.93. The van der Waals surface area contributed by atoms with E-state index in [-0.39, 0.29) is 0 Å². The zero-order valence-corrected chi connectivity index (χ0v) is 12.4. The third kappa shape index (κ3) is 2.81. The minimum atomic E-state index is 0.630. The molecule has 0 N–H and O–H groups in total. The van der Waals surface area contributed by atoms with E-state index in [9.17, 15) is 0 Å². The molecule has 2 fully saturated rings. The Bertz CT molecular complexity index is 207. The van der Waals surface area contributed by atoms with Crippen molar-refractivity contribution in [1.82, 2.24) is 0 Å². The van der Waals surface area contributed by atoms with Crippen LogP contribution in [0.1, 0.15) is 59.3 Å². The van der Waals surface area contributed by atoms with Gasteiger partial charge in [-0.25, -0.2) is 0 Å². The largest absolute Gasteiger partial charge is 0.122 e. The molecule has 1 saturated heterocycles. The molecule has 1 heteroatoms. The second-order valence-electron chi connectivity index (χ2n) is 6.80. The summed E-state index contributed by atoms with van der Waals surface area (Å²) in [6.07, 6.45) is 12.1. The first-order valence-electron chi connectivity index (χ1n) is 7.31. The van der Waals surface area contributed by atoms with Crippen LogP contribution in [0.25, 0.3) is 0 Å². The summed E-state index contributed by atoms with van der Waals surface area (Å²) in [7, 11) is 1.27. The van der Waals surface area contributed by atoms with E-state index in [0.29, 0.717) is 5.41 Å². The first kappa shape index (κ1) is 12.9. The lowest BCUT2D eigenvalue weighted by atomic mass is 9.62. The lowest BCUT2D eigenvalue weighted by molar-refractivity contribution is 0.0659. The van der Waals surface area contributed by atoms with Gasteiger partial charge in [-0.1, -0.05) is 33.6 Å². The zero-order valence-electron chi connectivity index (χ0n) is 11.4. The molecule has 0 nitrogen and oxygen atoms in total. The Morgan fingerprint density at radius 2 is 1.31 bits per heavy atom. The molecule has 16 heavy (non-hydrogen) atoms. The molecule has 2 rings (SSSR count). The summed E-state index contributed by atoms with van der Waals surface area (Å²) >= 11 is 0. The van der Waals surface area contributed by atoms with Crippen LogP contribution in [-0.4, -0.2) is 12.3 Å². The molecule has 0 aromatic rings. The summed E-state index contributed by atoms with van der Waals surface area (Å²) in [5, 5.41) is 0. The van der Waals surface area contributed by atoms with Crippen molar-refractivity contribution in [2.75, 3.05) is 12.3 Å². The van der Waals surface area contributed by atoms with Crippen LogP contribution in [0.5, 0.6) is 0 Å². The highest BCUT2D eigenvalue weighted by atomic mass is 31.1. The highest BCUT2D eigenvalue weighted by Gasteiger charge is 2.38. The second-order valence-corrected chi connectivity index (χ2v) is 8.30. The van der Waals surface area contributed by atoms with Crippen molar-refractivity contribution in [2.45, 2.75) is 59.3 Å². The summed E-state index contributed by atoms with van der Waals surface area (Å²) in [6, 6.07) is 0. The quantitative estimate of drug-likeness (QED) is 0.600. The van der Waals surface area contributed by atoms with Crippen molar-refractivity contribution in [3.63, 3.8) is 0 Å². The van der Waals surface area contributed by atoms with Crippen molar-refractivity contribution < 1.29 is 0 Å². The van der Waals surface area contributed by atoms with E-state index < -0.39 is 0 Å². The van der Waals surface area contributed by atoms with Crippen LogP contribution in [0, 0.1) is 23.2 Å². The van der Waals surface area contributed by atoms with Gasteiger partial charge in [-0.3, -0.25) is 0 Å². The molecule has 1 aliphatic carbocycles. The highest BCUT2D eigenvalue weighted by Crippen LogP contribution is 2.49. The summed E-state index contributed by atoms with van der Waals surface area (Å²) in [6.45, 7) is 7.59. The summed E-state index contributed by atoms with van der Waals surface area (Å²) < 4.78 is 0. The maximum absolute atomic E-state index is 2.58. The Kier molecular flexibility index (Phi) is 4.33. The van der Waals surface area contributed by atoms with Gasteiger partial charge in [-0.15, -0.1) is 8.58 Å². The maximum Gasteiger partial charge on any atom is -0.0297 e. The lowest BCUT2D eigenvalue weighted by Gasteiger charge is -2.45. The second kappa shape index (κ2) is 5.38. The van der Waals surface area contributed by atoms with Crippen molar-refractivity contribution in [3.8, 4) is 0 Å². The fraction of sp³-hybridized carbons (Fsp3) is 1.00. The van der Waals surface area contributed by atoms with Gasteiger partial charge in [0.1, 0.15) is 0 Å². The molecule has 0 aromatic heterocycles. The molecule has 94 valence electrons. The average molecular weight is 240 g/mol. The molecular formula is C15H29P. The van der Waals surface area contributed by atoms with Crippen LogP contribution in [0.3, 0.4) is 0 Å². The first-order chi connectivity index (χ1) is 7.60. The normalized spacial score (nSPS) is 38.8. The van der Waals surface area contributed by atoms with Crippen LogP contribution < -0.4 is 0 Å². The number of hydrogen-bond donors (Lipinski definition) is 0. The Hall–Kier alpha value is 0.430. The smallest absolute Gasteiger partial charge is 0.0297 e. The van der Waals surface area contributed by atoms with E-state index in [1.165, 1.54) is 59.4 Å². The molecule has 1 aliphatic heterocycles. The molecule has 0 bridgehead atoms. The third-order valence-electron chi connectivity index (χ3n) is 5.46. The zero-order chi connectivity index (χ0) is 11.6. The van der Waals surface area contributed by atoms with E-state index in [1.54, 1.807) is 0 Å². The van der Waals surface area contributed by atoms with Gasteiger partial charge in [-0.05, 0) is 61.2 Å². The minimum absolute atomic E-state index is 0.630. The Morgan fingerprint density at radius 1 is 0.812 bits per heavy atom. The third-order valence-corrected chi connectivity index (χ3v) is 6.74. The van der Waals surface area contributed by atoms with Crippen molar-refractivity contribution in [1.29, 1.82) is 0 Å². The average Bonchev–Trinajstić information content (AvgIpc) is 2.31. The molecule has 0 atom stereocenters. The lowest BCUT2D eigenvalue weighted by Crippen LogP contribution is -2.36. The van der Waals surface area contributed by atoms with Crippen LogP contribution in [0.2, 0.25) is 0 Å². The van der Waals surface area contributed by atoms with Crippen molar-refractivity contribution in [3.05, 3.63) is 0 Å². The SMILES string of the molecule is CC1CCC(C(C)(C)C2CCPCC2)CC1. The van der Waals surface area contributed by atoms with Crippen molar-refractivity contribution >= 4 is 8.58 Å². The van der Waals surface area contributed by atoms with Gasteiger partial charge in [0.05, 0.1) is 0 Å². The minimum Gasteiger partial charge on any atom is -0.122 e. The van der Waals surface area contributed by atoms with Gasteiger partial charge in [0.15, 0.2) is 0 Å².